The number of benzene rings is 2. The fourth-order valence-electron chi connectivity index (χ4n) is 2.19. The number of carbonyl (C=O) groups is 2. The zero-order valence-electron chi connectivity index (χ0n) is 15.6. The molecule has 2 atom stereocenters. The van der Waals surface area contributed by atoms with E-state index in [1.54, 1.807) is 0 Å². The van der Waals surface area contributed by atoms with E-state index >= 15 is 0 Å². The van der Waals surface area contributed by atoms with Crippen LogP contribution in [0.1, 0.15) is 11.1 Å². The van der Waals surface area contributed by atoms with Gasteiger partial charge in [0.15, 0.2) is 0 Å². The van der Waals surface area contributed by atoms with E-state index in [4.69, 9.17) is 21.7 Å². The molecule has 0 aliphatic rings. The molecule has 0 heterocycles. The lowest BCUT2D eigenvalue weighted by molar-refractivity contribution is -0.385. The van der Waals surface area contributed by atoms with Crippen molar-refractivity contribution in [2.45, 2.75) is 24.9 Å². The molecule has 0 aliphatic heterocycles. The number of non-ortho nitro benzene ring substituents is 2. The van der Waals surface area contributed by atoms with Crippen molar-refractivity contribution in [1.82, 2.24) is 0 Å². The molecule has 0 fully saturated rings. The number of nitro benzene ring substituents is 2. The van der Waals surface area contributed by atoms with Crippen molar-refractivity contribution in [2.75, 3.05) is 0 Å². The number of nitrogens with zero attached hydrogens (tertiary/aromatic N) is 2. The van der Waals surface area contributed by atoms with Crippen LogP contribution in [-0.4, -0.2) is 44.1 Å². The molecule has 160 valence electrons. The van der Waals surface area contributed by atoms with Gasteiger partial charge in [0.05, 0.1) is 9.85 Å². The Bertz CT molecular complexity index is 824. The van der Waals surface area contributed by atoms with Crippen LogP contribution in [0.4, 0.5) is 11.4 Å². The van der Waals surface area contributed by atoms with E-state index in [1.807, 2.05) is 0 Å². The standard InChI is InChI=1S/2C9H10N2O4/c2*10-8(9(12)13)5-6-1-3-7(4-2-6)11(14)15/h2*1-4,8H,5,10H2,(H,12,13)/t2*8-/m00/s1. The monoisotopic (exact) mass is 420 g/mol. The lowest BCUT2D eigenvalue weighted by Gasteiger charge is -2.05. The van der Waals surface area contributed by atoms with Crippen molar-refractivity contribution >= 4 is 23.3 Å². The van der Waals surface area contributed by atoms with Crippen molar-refractivity contribution in [3.05, 3.63) is 79.9 Å². The van der Waals surface area contributed by atoms with Gasteiger partial charge in [-0.2, -0.15) is 0 Å². The summed E-state index contributed by atoms with van der Waals surface area (Å²) in [4.78, 5) is 40.5. The largest absolute Gasteiger partial charge is 0.480 e. The summed E-state index contributed by atoms with van der Waals surface area (Å²) >= 11 is 0. The summed E-state index contributed by atoms with van der Waals surface area (Å²) in [6.07, 6.45) is 0.320. The minimum atomic E-state index is -1.09. The predicted molar refractivity (Wildman–Crippen MR) is 105 cm³/mol. The summed E-state index contributed by atoms with van der Waals surface area (Å²) in [5.74, 6) is -2.18. The Morgan fingerprint density at radius 1 is 0.733 bits per heavy atom. The molecule has 0 amide bonds. The molecule has 0 bridgehead atoms. The highest BCUT2D eigenvalue weighted by atomic mass is 16.6. The van der Waals surface area contributed by atoms with Crippen molar-refractivity contribution in [2.24, 2.45) is 11.5 Å². The van der Waals surface area contributed by atoms with Crippen molar-refractivity contribution < 1.29 is 29.6 Å². The zero-order chi connectivity index (χ0) is 22.8. The number of nitro groups is 2. The Labute approximate surface area is 170 Å². The zero-order valence-corrected chi connectivity index (χ0v) is 15.6. The number of aliphatic carboxylic acids is 2. The molecule has 0 aromatic heterocycles. The number of carboxylic acid groups (broad SMARTS) is 2. The Morgan fingerprint density at radius 3 is 1.20 bits per heavy atom. The number of carboxylic acids is 2. The molecule has 12 nitrogen and oxygen atoms in total. The maximum atomic E-state index is 10.4. The molecule has 2 aromatic carbocycles. The minimum Gasteiger partial charge on any atom is -0.480 e. The van der Waals surface area contributed by atoms with Gasteiger partial charge >= 0.3 is 11.9 Å². The normalized spacial score (nSPS) is 12.1. The van der Waals surface area contributed by atoms with Gasteiger partial charge in [-0.3, -0.25) is 29.8 Å². The van der Waals surface area contributed by atoms with Crippen molar-refractivity contribution in [1.29, 1.82) is 0 Å². The highest BCUT2D eigenvalue weighted by molar-refractivity contribution is 5.74. The van der Waals surface area contributed by atoms with E-state index in [9.17, 15) is 29.8 Å². The van der Waals surface area contributed by atoms with E-state index in [1.165, 1.54) is 48.5 Å². The van der Waals surface area contributed by atoms with Crippen LogP contribution in [0.5, 0.6) is 0 Å². The molecule has 0 saturated carbocycles. The van der Waals surface area contributed by atoms with Gasteiger partial charge in [0.1, 0.15) is 12.1 Å². The molecule has 6 N–H and O–H groups in total. The summed E-state index contributed by atoms with van der Waals surface area (Å²) in [7, 11) is 0. The number of nitrogens with two attached hydrogens (primary N) is 2. The van der Waals surface area contributed by atoms with Gasteiger partial charge in [-0.05, 0) is 24.0 Å². The van der Waals surface area contributed by atoms with Gasteiger partial charge in [-0.15, -0.1) is 0 Å². The number of hydrogen-bond acceptors (Lipinski definition) is 8. The van der Waals surface area contributed by atoms with Gasteiger partial charge in [0.25, 0.3) is 11.4 Å². The van der Waals surface area contributed by atoms with Crippen LogP contribution in [-0.2, 0) is 22.4 Å². The molecule has 0 radical (unpaired) electrons. The number of rotatable bonds is 8. The lowest BCUT2D eigenvalue weighted by atomic mass is 10.1. The Kier molecular flexibility index (Phi) is 9.00. The Balaban J connectivity index is 0.000000300. The van der Waals surface area contributed by atoms with Crippen molar-refractivity contribution in [3.8, 4) is 0 Å². The van der Waals surface area contributed by atoms with E-state index in [-0.39, 0.29) is 24.2 Å². The minimum absolute atomic E-state index is 0.0253. The third-order valence-corrected chi connectivity index (χ3v) is 3.84. The molecule has 12 heteroatoms. The van der Waals surface area contributed by atoms with Gasteiger partial charge in [-0.25, -0.2) is 0 Å². The van der Waals surface area contributed by atoms with Gasteiger partial charge in [0.2, 0.25) is 0 Å². The van der Waals surface area contributed by atoms with Crippen LogP contribution in [0, 0.1) is 20.2 Å². The molecular formula is C18H20N4O8. The third kappa shape index (κ3) is 8.00. The molecule has 2 rings (SSSR count). The quantitative estimate of drug-likeness (QED) is 0.352. The maximum absolute atomic E-state index is 10.4. The molecule has 0 aliphatic carbocycles. The average molecular weight is 420 g/mol. The van der Waals surface area contributed by atoms with Crippen LogP contribution in [0.2, 0.25) is 0 Å². The first-order chi connectivity index (χ1) is 14.0. The highest BCUT2D eigenvalue weighted by Crippen LogP contribution is 2.13. The summed E-state index contributed by atoms with van der Waals surface area (Å²) < 4.78 is 0. The van der Waals surface area contributed by atoms with Crippen molar-refractivity contribution in [3.63, 3.8) is 0 Å². The summed E-state index contributed by atoms with van der Waals surface area (Å²) in [6.45, 7) is 0. The van der Waals surface area contributed by atoms with Crippen LogP contribution in [0.25, 0.3) is 0 Å². The topological polar surface area (TPSA) is 213 Å². The van der Waals surface area contributed by atoms with Crippen LogP contribution in [0.15, 0.2) is 48.5 Å². The Hall–Kier alpha value is -3.90. The summed E-state index contributed by atoms with van der Waals surface area (Å²) in [5.41, 5.74) is 11.9. The SMILES string of the molecule is N[C@@H](Cc1ccc([N+](=O)[O-])cc1)C(=O)O.N[C@@H](Cc1ccc([N+](=O)[O-])cc1)C(=O)O. The first-order valence-corrected chi connectivity index (χ1v) is 8.44. The lowest BCUT2D eigenvalue weighted by Crippen LogP contribution is -2.32. The maximum Gasteiger partial charge on any atom is 0.320 e. The van der Waals surface area contributed by atoms with E-state index in [0.717, 1.165) is 0 Å². The molecule has 0 spiro atoms. The number of hydrogen-bond donors (Lipinski definition) is 4. The predicted octanol–water partition coefficient (Wildman–Crippen LogP) is 1.10. The molecular weight excluding hydrogens is 400 g/mol. The molecule has 0 unspecified atom stereocenters. The third-order valence-electron chi connectivity index (χ3n) is 3.84. The Morgan fingerprint density at radius 2 is 1.00 bits per heavy atom. The van der Waals surface area contributed by atoms with Gasteiger partial charge in [0, 0.05) is 24.3 Å². The van der Waals surface area contributed by atoms with E-state index in [2.05, 4.69) is 0 Å². The second-order valence-electron chi connectivity index (χ2n) is 6.14. The van der Waals surface area contributed by atoms with Crippen LogP contribution in [0.3, 0.4) is 0 Å². The smallest absolute Gasteiger partial charge is 0.320 e. The average Bonchev–Trinajstić information content (AvgIpc) is 2.69. The second kappa shape index (κ2) is 11.2. The highest BCUT2D eigenvalue weighted by Gasteiger charge is 2.13. The fraction of sp³-hybridized carbons (Fsp3) is 0.222. The van der Waals surface area contributed by atoms with Gasteiger partial charge in [-0.1, -0.05) is 24.3 Å². The molecule has 30 heavy (non-hydrogen) atoms. The fourth-order valence-corrected chi connectivity index (χ4v) is 2.19. The first-order valence-electron chi connectivity index (χ1n) is 8.44. The summed E-state index contributed by atoms with van der Waals surface area (Å²) in [6, 6.07) is 9.34. The van der Waals surface area contributed by atoms with Crippen LogP contribution < -0.4 is 11.5 Å². The summed E-state index contributed by atoms with van der Waals surface area (Å²) in [5, 5.41) is 37.8. The first kappa shape index (κ1) is 24.1. The van der Waals surface area contributed by atoms with E-state index < -0.39 is 33.9 Å². The second-order valence-corrected chi connectivity index (χ2v) is 6.14. The molecule has 2 aromatic rings. The van der Waals surface area contributed by atoms with Gasteiger partial charge < -0.3 is 21.7 Å². The van der Waals surface area contributed by atoms with E-state index in [0.29, 0.717) is 11.1 Å². The molecule has 0 saturated heterocycles. The van der Waals surface area contributed by atoms with Crippen LogP contribution >= 0.6 is 0 Å².